The highest BCUT2D eigenvalue weighted by molar-refractivity contribution is 7.92. The molecule has 0 saturated carbocycles. The Hall–Kier alpha value is -1.89. The molecule has 1 heterocycles. The first kappa shape index (κ1) is 17.0. The minimum absolute atomic E-state index is 0.0873. The molecule has 3 aromatic rings. The van der Waals surface area contributed by atoms with Crippen LogP contribution in [0, 0.1) is 12.7 Å². The summed E-state index contributed by atoms with van der Waals surface area (Å²) in [5.41, 5.74) is 1.16. The summed E-state index contributed by atoms with van der Waals surface area (Å²) >= 11 is 12.3. The zero-order chi connectivity index (χ0) is 17.5. The zero-order valence-corrected chi connectivity index (χ0v) is 14.7. The number of nitrogens with one attached hydrogen (secondary N) is 1. The van der Waals surface area contributed by atoms with Crippen molar-refractivity contribution in [3.8, 4) is 0 Å². The van der Waals surface area contributed by atoms with Crippen molar-refractivity contribution < 1.29 is 12.8 Å². The summed E-state index contributed by atoms with van der Waals surface area (Å²) in [6, 6.07) is 9.43. The highest BCUT2D eigenvalue weighted by atomic mass is 35.5. The molecular weight excluding hydrogens is 374 g/mol. The van der Waals surface area contributed by atoms with Gasteiger partial charge in [-0.25, -0.2) is 12.8 Å². The Labute approximate surface area is 148 Å². The largest absolute Gasteiger partial charge is 0.276 e. The predicted molar refractivity (Wildman–Crippen MR) is 93.7 cm³/mol. The Morgan fingerprint density at radius 2 is 1.71 bits per heavy atom. The van der Waals surface area contributed by atoms with E-state index in [-0.39, 0.29) is 15.6 Å². The molecule has 0 amide bonds. The molecule has 8 heteroatoms. The molecule has 4 nitrogen and oxygen atoms in total. The predicted octanol–water partition coefficient (Wildman–Crippen LogP) is 4.79. The smallest absolute Gasteiger partial charge is 0.262 e. The minimum Gasteiger partial charge on any atom is -0.276 e. The minimum atomic E-state index is -3.95. The van der Waals surface area contributed by atoms with Gasteiger partial charge >= 0.3 is 0 Å². The number of rotatable bonds is 3. The van der Waals surface area contributed by atoms with E-state index in [0.717, 1.165) is 12.1 Å². The SMILES string of the molecule is Cc1ccc2c(Cl)cc(Cl)c(NS(=O)(=O)c3ccc(F)cc3)c2n1. The Bertz CT molecular complexity index is 1040. The molecule has 0 bridgehead atoms. The van der Waals surface area contributed by atoms with Crippen LogP contribution in [0.2, 0.25) is 10.0 Å². The van der Waals surface area contributed by atoms with Crippen LogP contribution in [0.3, 0.4) is 0 Å². The lowest BCUT2D eigenvalue weighted by Gasteiger charge is -2.13. The van der Waals surface area contributed by atoms with Gasteiger partial charge in [-0.3, -0.25) is 9.71 Å². The van der Waals surface area contributed by atoms with Crippen molar-refractivity contribution in [2.24, 2.45) is 0 Å². The van der Waals surface area contributed by atoms with Crippen LogP contribution in [0.1, 0.15) is 5.69 Å². The van der Waals surface area contributed by atoms with Crippen molar-refractivity contribution in [1.29, 1.82) is 0 Å². The van der Waals surface area contributed by atoms with Crippen LogP contribution in [-0.4, -0.2) is 13.4 Å². The molecule has 2 aromatic carbocycles. The maximum absolute atomic E-state index is 13.0. The molecule has 0 atom stereocenters. The van der Waals surface area contributed by atoms with Crippen LogP contribution >= 0.6 is 23.2 Å². The van der Waals surface area contributed by atoms with Crippen LogP contribution in [0.15, 0.2) is 47.4 Å². The van der Waals surface area contributed by atoms with Gasteiger partial charge < -0.3 is 0 Å². The fourth-order valence-corrected chi connectivity index (χ4v) is 3.93. The summed E-state index contributed by atoms with van der Waals surface area (Å²) < 4.78 is 40.5. The number of aryl methyl sites for hydroxylation is 1. The van der Waals surface area contributed by atoms with Gasteiger partial charge in [-0.05, 0) is 49.4 Å². The maximum Gasteiger partial charge on any atom is 0.262 e. The Balaban J connectivity index is 2.16. The fraction of sp³-hybridized carbons (Fsp3) is 0.0625. The number of sulfonamides is 1. The van der Waals surface area contributed by atoms with Gasteiger partial charge in [0, 0.05) is 11.1 Å². The number of hydrogen-bond donors (Lipinski definition) is 1. The first-order valence-electron chi connectivity index (χ1n) is 6.82. The molecule has 124 valence electrons. The van der Waals surface area contributed by atoms with Crippen molar-refractivity contribution in [1.82, 2.24) is 4.98 Å². The van der Waals surface area contributed by atoms with Crippen molar-refractivity contribution in [3.05, 3.63) is 64.0 Å². The van der Waals surface area contributed by atoms with E-state index >= 15 is 0 Å². The van der Waals surface area contributed by atoms with Gasteiger partial charge in [0.2, 0.25) is 0 Å². The van der Waals surface area contributed by atoms with Crippen LogP contribution in [-0.2, 0) is 10.0 Å². The molecule has 0 aliphatic rings. The van der Waals surface area contributed by atoms with E-state index in [1.54, 1.807) is 19.1 Å². The lowest BCUT2D eigenvalue weighted by molar-refractivity contribution is 0.599. The van der Waals surface area contributed by atoms with E-state index in [4.69, 9.17) is 23.2 Å². The molecule has 0 radical (unpaired) electrons. The topological polar surface area (TPSA) is 59.1 Å². The Kier molecular flexibility index (Phi) is 4.38. The second-order valence-corrected chi connectivity index (χ2v) is 7.62. The van der Waals surface area contributed by atoms with Crippen molar-refractivity contribution >= 4 is 49.8 Å². The first-order valence-corrected chi connectivity index (χ1v) is 9.05. The molecule has 1 aromatic heterocycles. The summed E-state index contributed by atoms with van der Waals surface area (Å²) in [5.74, 6) is -0.527. The highest BCUT2D eigenvalue weighted by Gasteiger charge is 2.19. The van der Waals surface area contributed by atoms with Gasteiger partial charge in [0.25, 0.3) is 10.0 Å². The third-order valence-corrected chi connectivity index (χ3v) is 5.36. The Morgan fingerprint density at radius 3 is 2.38 bits per heavy atom. The van der Waals surface area contributed by atoms with Gasteiger partial charge in [0.05, 0.1) is 26.1 Å². The standard InChI is InChI=1S/C16H11Cl2FN2O2S/c1-9-2-7-12-13(17)8-14(18)16(15(12)20-9)21-24(22,23)11-5-3-10(19)4-6-11/h2-8,21H,1H3. The second kappa shape index (κ2) is 6.20. The lowest BCUT2D eigenvalue weighted by atomic mass is 10.2. The Morgan fingerprint density at radius 1 is 1.04 bits per heavy atom. The number of nitrogens with zero attached hydrogens (tertiary/aromatic N) is 1. The van der Waals surface area contributed by atoms with Crippen LogP contribution in [0.5, 0.6) is 0 Å². The molecular formula is C16H11Cl2FN2O2S. The summed E-state index contributed by atoms with van der Waals surface area (Å²) in [6.07, 6.45) is 0. The van der Waals surface area contributed by atoms with Gasteiger partial charge in [-0.15, -0.1) is 0 Å². The van der Waals surface area contributed by atoms with Gasteiger partial charge in [-0.2, -0.15) is 0 Å². The molecule has 1 N–H and O–H groups in total. The second-order valence-electron chi connectivity index (χ2n) is 5.12. The average molecular weight is 385 g/mol. The van der Waals surface area contributed by atoms with Crippen LogP contribution < -0.4 is 4.72 Å². The van der Waals surface area contributed by atoms with E-state index in [2.05, 4.69) is 9.71 Å². The number of halogens is 3. The maximum atomic E-state index is 13.0. The van der Waals surface area contributed by atoms with E-state index in [1.807, 2.05) is 0 Å². The molecule has 0 aliphatic heterocycles. The van der Waals surface area contributed by atoms with Crippen LogP contribution in [0.4, 0.5) is 10.1 Å². The number of pyridine rings is 1. The number of hydrogen-bond acceptors (Lipinski definition) is 3. The number of anilines is 1. The monoisotopic (exact) mass is 384 g/mol. The number of benzene rings is 2. The fourth-order valence-electron chi connectivity index (χ4n) is 2.22. The highest BCUT2D eigenvalue weighted by Crippen LogP contribution is 2.36. The molecule has 0 aliphatic carbocycles. The van der Waals surface area contributed by atoms with E-state index in [1.165, 1.54) is 18.2 Å². The summed E-state index contributed by atoms with van der Waals surface area (Å²) in [7, 11) is -3.95. The van der Waals surface area contributed by atoms with Crippen LogP contribution in [0.25, 0.3) is 10.9 Å². The number of aromatic nitrogens is 1. The number of fused-ring (bicyclic) bond motifs is 1. The normalized spacial score (nSPS) is 11.7. The van der Waals surface area contributed by atoms with Crippen molar-refractivity contribution in [2.45, 2.75) is 11.8 Å². The molecule has 24 heavy (non-hydrogen) atoms. The van der Waals surface area contributed by atoms with E-state index in [0.29, 0.717) is 21.6 Å². The van der Waals surface area contributed by atoms with E-state index < -0.39 is 15.8 Å². The summed E-state index contributed by atoms with van der Waals surface area (Å²) in [6.45, 7) is 1.77. The van der Waals surface area contributed by atoms with Crippen molar-refractivity contribution in [3.63, 3.8) is 0 Å². The molecule has 0 unspecified atom stereocenters. The van der Waals surface area contributed by atoms with Gasteiger partial charge in [-0.1, -0.05) is 23.2 Å². The third kappa shape index (κ3) is 3.17. The lowest BCUT2D eigenvalue weighted by Crippen LogP contribution is -2.14. The molecule has 0 spiro atoms. The quantitative estimate of drug-likeness (QED) is 0.705. The zero-order valence-electron chi connectivity index (χ0n) is 12.3. The average Bonchev–Trinajstić information content (AvgIpc) is 2.51. The first-order chi connectivity index (χ1) is 11.3. The van der Waals surface area contributed by atoms with Gasteiger partial charge in [0.1, 0.15) is 5.82 Å². The molecule has 0 saturated heterocycles. The molecule has 0 fully saturated rings. The summed E-state index contributed by atoms with van der Waals surface area (Å²) in [4.78, 5) is 4.25. The third-order valence-electron chi connectivity index (χ3n) is 3.38. The molecule has 3 rings (SSSR count). The van der Waals surface area contributed by atoms with Gasteiger partial charge in [0.15, 0.2) is 0 Å². The van der Waals surface area contributed by atoms with E-state index in [9.17, 15) is 12.8 Å². The summed E-state index contributed by atoms with van der Waals surface area (Å²) in [5, 5.41) is 1.06. The van der Waals surface area contributed by atoms with Crippen molar-refractivity contribution in [2.75, 3.05) is 4.72 Å².